The maximum Gasteiger partial charge on any atom is 0.122 e. The lowest BCUT2D eigenvalue weighted by Gasteiger charge is -2.34. The van der Waals surface area contributed by atoms with Crippen LogP contribution in [0.5, 0.6) is 5.75 Å². The van der Waals surface area contributed by atoms with E-state index in [-0.39, 0.29) is 30.9 Å². The second kappa shape index (κ2) is 11.4. The standard InChI is InChI=1S/C17H26N4O.2ClH/c1-3-20(4-2)14-5-6-15(17(22)13-14)16(7-8-18)21-11-9-19-10-12-21;;/h5-6,13,16,19,22H,3-4,7,9-12H2,1-2H3;2*1H/t16-;;/m1../s1. The Morgan fingerprint density at radius 3 is 2.38 bits per heavy atom. The number of piperazine rings is 1. The van der Waals surface area contributed by atoms with Gasteiger partial charge in [-0.25, -0.2) is 0 Å². The van der Waals surface area contributed by atoms with Crippen molar-refractivity contribution >= 4 is 30.5 Å². The van der Waals surface area contributed by atoms with Gasteiger partial charge in [-0.3, -0.25) is 4.90 Å². The van der Waals surface area contributed by atoms with Gasteiger partial charge in [-0.15, -0.1) is 24.8 Å². The first-order valence-corrected chi connectivity index (χ1v) is 8.10. The number of anilines is 1. The Kier molecular flexibility index (Phi) is 10.8. The van der Waals surface area contributed by atoms with Gasteiger partial charge in [-0.2, -0.15) is 5.26 Å². The van der Waals surface area contributed by atoms with Crippen molar-refractivity contribution in [2.75, 3.05) is 44.2 Å². The molecule has 0 radical (unpaired) electrons. The Morgan fingerprint density at radius 1 is 1.25 bits per heavy atom. The lowest BCUT2D eigenvalue weighted by Crippen LogP contribution is -2.45. The zero-order chi connectivity index (χ0) is 15.9. The Hall–Kier alpha value is -1.19. The van der Waals surface area contributed by atoms with Crippen LogP contribution in [-0.4, -0.2) is 49.3 Å². The van der Waals surface area contributed by atoms with Crippen LogP contribution in [0.25, 0.3) is 0 Å². The highest BCUT2D eigenvalue weighted by molar-refractivity contribution is 5.85. The SMILES string of the molecule is CCN(CC)c1ccc([C@@H](CC#N)N2CCNCC2)c(O)c1.Cl.Cl. The normalized spacial score (nSPS) is 15.5. The lowest BCUT2D eigenvalue weighted by molar-refractivity contribution is 0.173. The van der Waals surface area contributed by atoms with Gasteiger partial charge in [0.05, 0.1) is 18.5 Å². The fraction of sp³-hybridized carbons (Fsp3) is 0.588. The molecule has 1 aliphatic heterocycles. The molecule has 1 aliphatic rings. The number of hydrogen-bond acceptors (Lipinski definition) is 5. The minimum Gasteiger partial charge on any atom is -0.508 e. The molecule has 0 aliphatic carbocycles. The average Bonchev–Trinajstić information content (AvgIpc) is 2.55. The number of hydrogen-bond donors (Lipinski definition) is 2. The fourth-order valence-corrected chi connectivity index (χ4v) is 3.12. The first kappa shape index (κ1) is 22.8. The van der Waals surface area contributed by atoms with E-state index in [1.165, 1.54) is 0 Å². The van der Waals surface area contributed by atoms with Gasteiger partial charge in [0.1, 0.15) is 5.75 Å². The average molecular weight is 375 g/mol. The van der Waals surface area contributed by atoms with Crippen LogP contribution >= 0.6 is 24.8 Å². The number of nitriles is 1. The summed E-state index contributed by atoms with van der Waals surface area (Å²) < 4.78 is 0. The highest BCUT2D eigenvalue weighted by Crippen LogP contribution is 2.34. The molecule has 1 atom stereocenters. The van der Waals surface area contributed by atoms with E-state index >= 15 is 0 Å². The summed E-state index contributed by atoms with van der Waals surface area (Å²) in [6.07, 6.45) is 0.401. The van der Waals surface area contributed by atoms with Gasteiger partial charge in [0.15, 0.2) is 0 Å². The minimum atomic E-state index is -0.0298. The van der Waals surface area contributed by atoms with Crippen molar-refractivity contribution in [3.05, 3.63) is 23.8 Å². The van der Waals surface area contributed by atoms with Crippen LogP contribution in [0.4, 0.5) is 5.69 Å². The Morgan fingerprint density at radius 2 is 1.88 bits per heavy atom. The summed E-state index contributed by atoms with van der Waals surface area (Å²) >= 11 is 0. The summed E-state index contributed by atoms with van der Waals surface area (Å²) in [5.41, 5.74) is 1.89. The molecule has 2 rings (SSSR count). The van der Waals surface area contributed by atoms with Crippen molar-refractivity contribution in [1.29, 1.82) is 5.26 Å². The van der Waals surface area contributed by atoms with Crippen LogP contribution in [-0.2, 0) is 0 Å². The van der Waals surface area contributed by atoms with Crippen LogP contribution in [0.2, 0.25) is 0 Å². The van der Waals surface area contributed by atoms with Crippen LogP contribution in [0.15, 0.2) is 18.2 Å². The molecule has 24 heavy (non-hydrogen) atoms. The van der Waals surface area contributed by atoms with Crippen LogP contribution in [0.3, 0.4) is 0 Å². The van der Waals surface area contributed by atoms with Crippen molar-refractivity contribution < 1.29 is 5.11 Å². The maximum atomic E-state index is 10.5. The van der Waals surface area contributed by atoms with Crippen molar-refractivity contribution in [3.63, 3.8) is 0 Å². The number of nitrogens with one attached hydrogen (secondary N) is 1. The second-order valence-electron chi connectivity index (χ2n) is 5.58. The number of rotatable bonds is 6. The van der Waals surface area contributed by atoms with Gasteiger partial charge < -0.3 is 15.3 Å². The summed E-state index contributed by atoms with van der Waals surface area (Å²) in [4.78, 5) is 4.49. The minimum absolute atomic E-state index is 0. The van der Waals surface area contributed by atoms with Gasteiger partial charge in [-0.1, -0.05) is 6.07 Å². The molecule has 1 aromatic carbocycles. The van der Waals surface area contributed by atoms with Gasteiger partial charge in [0, 0.05) is 56.6 Å². The molecule has 0 aromatic heterocycles. The van der Waals surface area contributed by atoms with E-state index in [4.69, 9.17) is 5.26 Å². The van der Waals surface area contributed by atoms with E-state index in [2.05, 4.69) is 41.1 Å². The molecule has 1 heterocycles. The number of phenolic OH excluding ortho intramolecular Hbond substituents is 1. The molecule has 0 unspecified atom stereocenters. The largest absolute Gasteiger partial charge is 0.508 e. The van der Waals surface area contributed by atoms with Crippen molar-refractivity contribution in [2.24, 2.45) is 0 Å². The number of phenols is 1. The molecule has 0 amide bonds. The first-order chi connectivity index (χ1) is 10.7. The maximum absolute atomic E-state index is 10.5. The third kappa shape index (κ3) is 5.42. The molecule has 136 valence electrons. The van der Waals surface area contributed by atoms with Crippen LogP contribution < -0.4 is 10.2 Å². The highest BCUT2D eigenvalue weighted by Gasteiger charge is 2.24. The topological polar surface area (TPSA) is 62.5 Å². The summed E-state index contributed by atoms with van der Waals surface area (Å²) in [6.45, 7) is 9.71. The zero-order valence-corrected chi connectivity index (χ0v) is 16.0. The predicted octanol–water partition coefficient (Wildman–Crippen LogP) is 2.94. The van der Waals surface area contributed by atoms with Gasteiger partial charge in [0.2, 0.25) is 0 Å². The zero-order valence-electron chi connectivity index (χ0n) is 14.4. The lowest BCUT2D eigenvalue weighted by atomic mass is 10.00. The molecule has 2 N–H and O–H groups in total. The van der Waals surface area contributed by atoms with E-state index in [1.54, 1.807) is 0 Å². The van der Waals surface area contributed by atoms with Crippen molar-refractivity contribution in [1.82, 2.24) is 10.2 Å². The molecule has 0 bridgehead atoms. The molecular formula is C17H28Cl2N4O. The molecule has 1 fully saturated rings. The molecule has 7 heteroatoms. The van der Waals surface area contributed by atoms with E-state index in [9.17, 15) is 5.11 Å². The summed E-state index contributed by atoms with van der Waals surface area (Å²) in [5.74, 6) is 0.295. The van der Waals surface area contributed by atoms with Gasteiger partial charge in [-0.05, 0) is 19.9 Å². The predicted molar refractivity (Wildman–Crippen MR) is 104 cm³/mol. The number of benzene rings is 1. The number of nitrogens with zero attached hydrogens (tertiary/aromatic N) is 3. The molecule has 1 aromatic rings. The van der Waals surface area contributed by atoms with E-state index in [0.29, 0.717) is 12.2 Å². The van der Waals surface area contributed by atoms with Gasteiger partial charge >= 0.3 is 0 Å². The molecular weight excluding hydrogens is 347 g/mol. The smallest absolute Gasteiger partial charge is 0.122 e. The third-order valence-electron chi connectivity index (χ3n) is 4.38. The third-order valence-corrected chi connectivity index (χ3v) is 4.38. The Bertz CT molecular complexity index is 526. The number of aromatic hydroxyl groups is 1. The molecule has 0 saturated carbocycles. The highest BCUT2D eigenvalue weighted by atomic mass is 35.5. The fourth-order valence-electron chi connectivity index (χ4n) is 3.12. The quantitative estimate of drug-likeness (QED) is 0.801. The molecule has 5 nitrogen and oxygen atoms in total. The summed E-state index contributed by atoms with van der Waals surface area (Å²) in [7, 11) is 0. The summed E-state index contributed by atoms with van der Waals surface area (Å²) in [5, 5.41) is 23.0. The van der Waals surface area contributed by atoms with E-state index < -0.39 is 0 Å². The van der Waals surface area contributed by atoms with Crippen molar-refractivity contribution in [2.45, 2.75) is 26.3 Å². The van der Waals surface area contributed by atoms with Crippen LogP contribution in [0.1, 0.15) is 31.9 Å². The molecule has 1 saturated heterocycles. The summed E-state index contributed by atoms with van der Waals surface area (Å²) in [6, 6.07) is 8.09. The Balaban J connectivity index is 0.00000264. The second-order valence-corrected chi connectivity index (χ2v) is 5.58. The van der Waals surface area contributed by atoms with Gasteiger partial charge in [0.25, 0.3) is 0 Å². The van der Waals surface area contributed by atoms with E-state index in [1.807, 2.05) is 12.1 Å². The van der Waals surface area contributed by atoms with Crippen molar-refractivity contribution in [3.8, 4) is 11.8 Å². The van der Waals surface area contributed by atoms with E-state index in [0.717, 1.165) is 50.5 Å². The van der Waals surface area contributed by atoms with Crippen LogP contribution in [0, 0.1) is 11.3 Å². The molecule has 0 spiro atoms. The first-order valence-electron chi connectivity index (χ1n) is 8.10. The number of halogens is 2. The monoisotopic (exact) mass is 374 g/mol. The Labute approximate surface area is 157 Å².